The maximum atomic E-state index is 10.4. The van der Waals surface area contributed by atoms with Gasteiger partial charge in [0.25, 0.3) is 0 Å². The molecule has 0 saturated carbocycles. The van der Waals surface area contributed by atoms with Crippen LogP contribution in [-0.2, 0) is 6.54 Å². The molecule has 0 amide bonds. The van der Waals surface area contributed by atoms with Crippen molar-refractivity contribution in [3.63, 3.8) is 0 Å². The van der Waals surface area contributed by atoms with Gasteiger partial charge in [0.1, 0.15) is 0 Å². The van der Waals surface area contributed by atoms with Crippen LogP contribution < -0.4 is 5.73 Å². The Morgan fingerprint density at radius 3 is 2.65 bits per heavy atom. The summed E-state index contributed by atoms with van der Waals surface area (Å²) < 4.78 is 0. The van der Waals surface area contributed by atoms with Gasteiger partial charge in [0.2, 0.25) is 0 Å². The van der Waals surface area contributed by atoms with Crippen molar-refractivity contribution in [1.82, 2.24) is 9.80 Å². The normalized spacial score (nSPS) is 22.1. The lowest BCUT2D eigenvalue weighted by molar-refractivity contribution is 0.0722. The van der Waals surface area contributed by atoms with E-state index < -0.39 is 6.10 Å². The Kier molecular flexibility index (Phi) is 5.54. The summed E-state index contributed by atoms with van der Waals surface area (Å²) in [5, 5.41) is 10.4. The molecule has 0 aliphatic carbocycles. The number of hydrogen-bond acceptors (Lipinski definition) is 4. The molecule has 0 spiro atoms. The summed E-state index contributed by atoms with van der Waals surface area (Å²) in [6.07, 6.45) is 2.05. The standard InChI is InChI=1S/C16H27N3O/c1-18(2)15-4-3-9-19(11-15)12-16(20)14-7-5-13(10-17)6-8-14/h5-8,15-16,20H,3-4,9-12,17H2,1-2H3. The predicted molar refractivity (Wildman–Crippen MR) is 82.4 cm³/mol. The first-order valence-electron chi connectivity index (χ1n) is 7.46. The number of β-amino-alcohol motifs (C(OH)–C–C–N with tert-alkyl or cyclic N) is 1. The van der Waals surface area contributed by atoms with Gasteiger partial charge in [-0.15, -0.1) is 0 Å². The summed E-state index contributed by atoms with van der Waals surface area (Å²) in [6, 6.07) is 8.57. The second kappa shape index (κ2) is 7.18. The highest BCUT2D eigenvalue weighted by molar-refractivity contribution is 5.24. The van der Waals surface area contributed by atoms with Crippen molar-refractivity contribution in [1.29, 1.82) is 0 Å². The van der Waals surface area contributed by atoms with Gasteiger partial charge in [0.05, 0.1) is 6.10 Å². The maximum Gasteiger partial charge on any atom is 0.0916 e. The third kappa shape index (κ3) is 4.03. The van der Waals surface area contributed by atoms with E-state index in [0.717, 1.165) is 24.2 Å². The fourth-order valence-corrected chi connectivity index (χ4v) is 2.84. The van der Waals surface area contributed by atoms with Crippen LogP contribution >= 0.6 is 0 Å². The summed E-state index contributed by atoms with van der Waals surface area (Å²) in [4.78, 5) is 4.66. The largest absolute Gasteiger partial charge is 0.387 e. The molecule has 4 nitrogen and oxygen atoms in total. The van der Waals surface area contributed by atoms with Crippen LogP contribution in [0.2, 0.25) is 0 Å². The summed E-state index contributed by atoms with van der Waals surface area (Å²) in [5.74, 6) is 0. The lowest BCUT2D eigenvalue weighted by atomic mass is 10.0. The number of piperidine rings is 1. The van der Waals surface area contributed by atoms with Gasteiger partial charge in [-0.25, -0.2) is 0 Å². The molecule has 1 aromatic rings. The summed E-state index contributed by atoms with van der Waals surface area (Å²) in [6.45, 7) is 3.40. The van der Waals surface area contributed by atoms with Crippen molar-refractivity contribution in [2.45, 2.75) is 31.5 Å². The minimum Gasteiger partial charge on any atom is -0.387 e. The van der Waals surface area contributed by atoms with Crippen molar-refractivity contribution in [3.05, 3.63) is 35.4 Å². The number of hydrogen-bond donors (Lipinski definition) is 2. The molecule has 2 rings (SSSR count). The van der Waals surface area contributed by atoms with Crippen LogP contribution in [0.1, 0.15) is 30.1 Å². The smallest absolute Gasteiger partial charge is 0.0916 e. The molecule has 1 fully saturated rings. The van der Waals surface area contributed by atoms with Crippen LogP contribution in [0.5, 0.6) is 0 Å². The molecule has 4 heteroatoms. The van der Waals surface area contributed by atoms with Gasteiger partial charge in [-0.05, 0) is 44.6 Å². The lowest BCUT2D eigenvalue weighted by Crippen LogP contribution is -2.46. The van der Waals surface area contributed by atoms with Gasteiger partial charge in [-0.1, -0.05) is 24.3 Å². The quantitative estimate of drug-likeness (QED) is 0.849. The molecule has 0 radical (unpaired) electrons. The molecule has 1 aromatic carbocycles. The minimum atomic E-state index is -0.414. The Balaban J connectivity index is 1.91. The molecule has 0 bridgehead atoms. The topological polar surface area (TPSA) is 52.7 Å². The predicted octanol–water partition coefficient (Wildman–Crippen LogP) is 1.20. The Bertz CT molecular complexity index is 405. The van der Waals surface area contributed by atoms with Crippen molar-refractivity contribution in [2.24, 2.45) is 5.73 Å². The third-order valence-corrected chi connectivity index (χ3v) is 4.24. The molecule has 2 atom stereocenters. The van der Waals surface area contributed by atoms with Crippen molar-refractivity contribution >= 4 is 0 Å². The van der Waals surface area contributed by atoms with Gasteiger partial charge < -0.3 is 15.7 Å². The van der Waals surface area contributed by atoms with Crippen LogP contribution in [0.3, 0.4) is 0 Å². The van der Waals surface area contributed by atoms with Crippen LogP contribution in [0.25, 0.3) is 0 Å². The fraction of sp³-hybridized carbons (Fsp3) is 0.625. The Hall–Kier alpha value is -0.940. The molecule has 1 heterocycles. The van der Waals surface area contributed by atoms with E-state index in [-0.39, 0.29) is 0 Å². The van der Waals surface area contributed by atoms with E-state index in [1.165, 1.54) is 12.8 Å². The van der Waals surface area contributed by atoms with E-state index in [2.05, 4.69) is 23.9 Å². The molecule has 1 saturated heterocycles. The molecule has 1 aliphatic rings. The number of likely N-dealkylation sites (tertiary alicyclic amines) is 1. The zero-order chi connectivity index (χ0) is 14.5. The highest BCUT2D eigenvalue weighted by Crippen LogP contribution is 2.19. The third-order valence-electron chi connectivity index (χ3n) is 4.24. The molecule has 3 N–H and O–H groups in total. The van der Waals surface area contributed by atoms with Crippen LogP contribution in [0.4, 0.5) is 0 Å². The van der Waals surface area contributed by atoms with E-state index in [1.807, 2.05) is 24.3 Å². The van der Waals surface area contributed by atoms with E-state index in [0.29, 0.717) is 19.1 Å². The van der Waals surface area contributed by atoms with Crippen molar-refractivity contribution in [2.75, 3.05) is 33.7 Å². The molecule has 1 aliphatic heterocycles. The van der Waals surface area contributed by atoms with E-state index >= 15 is 0 Å². The number of aliphatic hydroxyl groups excluding tert-OH is 1. The van der Waals surface area contributed by atoms with Gasteiger partial charge in [-0.3, -0.25) is 4.90 Å². The summed E-state index contributed by atoms with van der Waals surface area (Å²) >= 11 is 0. The number of aliphatic hydroxyl groups is 1. The maximum absolute atomic E-state index is 10.4. The SMILES string of the molecule is CN(C)C1CCCN(CC(O)c2ccc(CN)cc2)C1. The zero-order valence-corrected chi connectivity index (χ0v) is 12.6. The molecule has 20 heavy (non-hydrogen) atoms. The average molecular weight is 277 g/mol. The van der Waals surface area contributed by atoms with E-state index in [1.54, 1.807) is 0 Å². The zero-order valence-electron chi connectivity index (χ0n) is 12.6. The number of nitrogens with zero attached hydrogens (tertiary/aromatic N) is 2. The van der Waals surface area contributed by atoms with E-state index in [9.17, 15) is 5.11 Å². The second-order valence-corrected chi connectivity index (χ2v) is 5.98. The number of rotatable bonds is 5. The Morgan fingerprint density at radius 1 is 1.35 bits per heavy atom. The second-order valence-electron chi connectivity index (χ2n) is 5.98. The monoisotopic (exact) mass is 277 g/mol. The van der Waals surface area contributed by atoms with Gasteiger partial charge in [0.15, 0.2) is 0 Å². The first-order chi connectivity index (χ1) is 9.60. The highest BCUT2D eigenvalue weighted by atomic mass is 16.3. The van der Waals surface area contributed by atoms with Crippen LogP contribution in [0.15, 0.2) is 24.3 Å². The van der Waals surface area contributed by atoms with Gasteiger partial charge >= 0.3 is 0 Å². The first kappa shape index (κ1) is 15.4. The van der Waals surface area contributed by atoms with Crippen LogP contribution in [0, 0.1) is 0 Å². The molecule has 0 aromatic heterocycles. The van der Waals surface area contributed by atoms with Crippen molar-refractivity contribution < 1.29 is 5.11 Å². The van der Waals surface area contributed by atoms with E-state index in [4.69, 9.17) is 5.73 Å². The summed E-state index contributed by atoms with van der Waals surface area (Å²) in [7, 11) is 4.27. The molecular weight excluding hydrogens is 250 g/mol. The van der Waals surface area contributed by atoms with Crippen LogP contribution in [-0.4, -0.2) is 54.7 Å². The number of nitrogens with two attached hydrogens (primary N) is 1. The number of likely N-dealkylation sites (N-methyl/N-ethyl adjacent to an activating group) is 1. The molecular formula is C16H27N3O. The van der Waals surface area contributed by atoms with Gasteiger partial charge in [0, 0.05) is 25.7 Å². The van der Waals surface area contributed by atoms with Crippen molar-refractivity contribution in [3.8, 4) is 0 Å². The first-order valence-corrected chi connectivity index (χ1v) is 7.46. The Morgan fingerprint density at radius 2 is 2.05 bits per heavy atom. The lowest BCUT2D eigenvalue weighted by Gasteiger charge is -2.37. The summed E-state index contributed by atoms with van der Waals surface area (Å²) in [5.41, 5.74) is 7.68. The minimum absolute atomic E-state index is 0.414. The highest BCUT2D eigenvalue weighted by Gasteiger charge is 2.23. The number of benzene rings is 1. The average Bonchev–Trinajstić information content (AvgIpc) is 2.47. The van der Waals surface area contributed by atoms with Gasteiger partial charge in [-0.2, -0.15) is 0 Å². The molecule has 2 unspecified atom stereocenters. The Labute approximate surface area is 122 Å². The molecule has 112 valence electrons. The fourth-order valence-electron chi connectivity index (χ4n) is 2.84.